The van der Waals surface area contributed by atoms with Gasteiger partial charge >= 0.3 is 0 Å². The molecule has 2 heteroatoms. The van der Waals surface area contributed by atoms with E-state index in [1.807, 2.05) is 0 Å². The summed E-state index contributed by atoms with van der Waals surface area (Å²) in [5, 5.41) is 0. The summed E-state index contributed by atoms with van der Waals surface area (Å²) in [7, 11) is 0. The van der Waals surface area contributed by atoms with Gasteiger partial charge in [-0.15, -0.1) is 0 Å². The Labute approximate surface area is 136 Å². The van der Waals surface area contributed by atoms with Crippen molar-refractivity contribution >= 4 is 0 Å². The zero-order valence-corrected chi connectivity index (χ0v) is 15.3. The summed E-state index contributed by atoms with van der Waals surface area (Å²) < 4.78 is 5.84. The van der Waals surface area contributed by atoms with Gasteiger partial charge in [0.2, 0.25) is 0 Å². The minimum absolute atomic E-state index is 0.244. The van der Waals surface area contributed by atoms with E-state index in [1.165, 1.54) is 24.1 Å². The average molecular weight is 304 g/mol. The molecule has 0 saturated carbocycles. The lowest BCUT2D eigenvalue weighted by Crippen LogP contribution is -3.16. The first-order valence-corrected chi connectivity index (χ1v) is 8.82. The van der Waals surface area contributed by atoms with Crippen LogP contribution in [0.5, 0.6) is 0 Å². The number of morpholine rings is 1. The second-order valence-corrected chi connectivity index (χ2v) is 8.38. The van der Waals surface area contributed by atoms with E-state index >= 15 is 0 Å². The van der Waals surface area contributed by atoms with Gasteiger partial charge in [0.15, 0.2) is 0 Å². The number of nitrogens with one attached hydrogen (secondary N) is 1. The summed E-state index contributed by atoms with van der Waals surface area (Å²) in [5.41, 5.74) is 3.13. The van der Waals surface area contributed by atoms with Gasteiger partial charge in [0, 0.05) is 5.92 Å². The third kappa shape index (κ3) is 5.10. The summed E-state index contributed by atoms with van der Waals surface area (Å²) in [6.45, 7) is 17.2. The standard InChI is InChI=1S/C20H33NO/c1-15(12-21-13-16(2)22-17(3)14-21)11-18-7-9-19(10-8-18)20(4,5)6/h7-10,15-17H,11-14H2,1-6H3/p+1. The zero-order chi connectivity index (χ0) is 16.3. The molecule has 1 saturated heterocycles. The molecule has 22 heavy (non-hydrogen) atoms. The first-order valence-electron chi connectivity index (χ1n) is 8.82. The lowest BCUT2D eigenvalue weighted by molar-refractivity contribution is -0.918. The number of ether oxygens (including phenoxy) is 1. The molecule has 3 unspecified atom stereocenters. The van der Waals surface area contributed by atoms with Gasteiger partial charge in [-0.3, -0.25) is 0 Å². The van der Waals surface area contributed by atoms with Gasteiger partial charge in [0.05, 0.1) is 6.54 Å². The van der Waals surface area contributed by atoms with E-state index in [9.17, 15) is 0 Å². The zero-order valence-electron chi connectivity index (χ0n) is 15.3. The molecule has 2 rings (SSSR count). The van der Waals surface area contributed by atoms with E-state index in [1.54, 1.807) is 4.90 Å². The summed E-state index contributed by atoms with van der Waals surface area (Å²) in [6.07, 6.45) is 1.98. The Morgan fingerprint density at radius 3 is 2.14 bits per heavy atom. The molecular weight excluding hydrogens is 270 g/mol. The second kappa shape index (κ2) is 7.14. The van der Waals surface area contributed by atoms with E-state index in [0.717, 1.165) is 13.1 Å². The van der Waals surface area contributed by atoms with Crippen LogP contribution < -0.4 is 4.90 Å². The molecule has 1 aromatic carbocycles. The molecule has 1 aliphatic rings. The molecule has 0 spiro atoms. The highest BCUT2D eigenvalue weighted by Gasteiger charge is 2.26. The Morgan fingerprint density at radius 1 is 1.09 bits per heavy atom. The fourth-order valence-corrected chi connectivity index (χ4v) is 3.66. The topological polar surface area (TPSA) is 13.7 Å². The summed E-state index contributed by atoms with van der Waals surface area (Å²) in [6, 6.07) is 9.23. The lowest BCUT2D eigenvalue weighted by atomic mass is 9.86. The molecule has 1 N–H and O–H groups in total. The fraction of sp³-hybridized carbons (Fsp3) is 0.700. The van der Waals surface area contributed by atoms with Crippen molar-refractivity contribution in [3.05, 3.63) is 35.4 Å². The van der Waals surface area contributed by atoms with Gasteiger partial charge in [-0.2, -0.15) is 0 Å². The molecule has 124 valence electrons. The third-order valence-electron chi connectivity index (χ3n) is 4.66. The van der Waals surface area contributed by atoms with Crippen molar-refractivity contribution in [2.45, 2.75) is 65.6 Å². The third-order valence-corrected chi connectivity index (χ3v) is 4.66. The van der Waals surface area contributed by atoms with Crippen molar-refractivity contribution in [2.75, 3.05) is 19.6 Å². The van der Waals surface area contributed by atoms with Crippen LogP contribution in [0.4, 0.5) is 0 Å². The predicted octanol–water partition coefficient (Wildman–Crippen LogP) is 2.85. The fourth-order valence-electron chi connectivity index (χ4n) is 3.66. The maximum atomic E-state index is 5.84. The molecule has 0 aliphatic carbocycles. The molecule has 1 heterocycles. The van der Waals surface area contributed by atoms with Crippen molar-refractivity contribution < 1.29 is 9.64 Å². The van der Waals surface area contributed by atoms with Crippen LogP contribution >= 0.6 is 0 Å². The van der Waals surface area contributed by atoms with Crippen LogP contribution in [-0.4, -0.2) is 31.8 Å². The Balaban J connectivity index is 1.87. The maximum absolute atomic E-state index is 5.84. The highest BCUT2D eigenvalue weighted by molar-refractivity contribution is 5.27. The van der Waals surface area contributed by atoms with Gasteiger partial charge in [-0.1, -0.05) is 52.0 Å². The molecule has 1 aliphatic heterocycles. The van der Waals surface area contributed by atoms with Crippen LogP contribution in [0.15, 0.2) is 24.3 Å². The molecule has 2 nitrogen and oxygen atoms in total. The van der Waals surface area contributed by atoms with Gasteiger partial charge in [0.1, 0.15) is 25.3 Å². The van der Waals surface area contributed by atoms with Gasteiger partial charge < -0.3 is 9.64 Å². The number of quaternary nitrogens is 1. The lowest BCUT2D eigenvalue weighted by Gasteiger charge is -2.33. The average Bonchev–Trinajstić information content (AvgIpc) is 2.36. The first-order chi connectivity index (χ1) is 10.2. The van der Waals surface area contributed by atoms with E-state index in [2.05, 4.69) is 65.8 Å². The van der Waals surface area contributed by atoms with Crippen molar-refractivity contribution in [1.29, 1.82) is 0 Å². The molecule has 0 amide bonds. The van der Waals surface area contributed by atoms with Crippen LogP contribution in [0.2, 0.25) is 0 Å². The first kappa shape index (κ1) is 17.5. The Morgan fingerprint density at radius 2 is 1.64 bits per heavy atom. The van der Waals surface area contributed by atoms with Crippen molar-refractivity contribution in [2.24, 2.45) is 5.92 Å². The van der Waals surface area contributed by atoms with E-state index in [-0.39, 0.29) is 5.41 Å². The van der Waals surface area contributed by atoms with Crippen molar-refractivity contribution in [3.63, 3.8) is 0 Å². The van der Waals surface area contributed by atoms with Gasteiger partial charge in [-0.05, 0) is 36.8 Å². The van der Waals surface area contributed by atoms with Gasteiger partial charge in [0.25, 0.3) is 0 Å². The van der Waals surface area contributed by atoms with E-state index < -0.39 is 0 Å². The summed E-state index contributed by atoms with van der Waals surface area (Å²) in [4.78, 5) is 1.70. The SMILES string of the molecule is CC(Cc1ccc(C(C)(C)C)cc1)C[NH+]1CC(C)OC(C)C1. The summed E-state index contributed by atoms with van der Waals surface area (Å²) in [5.74, 6) is 0.716. The van der Waals surface area contributed by atoms with Crippen molar-refractivity contribution in [1.82, 2.24) is 0 Å². The van der Waals surface area contributed by atoms with Crippen LogP contribution in [-0.2, 0) is 16.6 Å². The van der Waals surface area contributed by atoms with Crippen LogP contribution in [0, 0.1) is 5.92 Å². The van der Waals surface area contributed by atoms with Crippen LogP contribution in [0.3, 0.4) is 0 Å². The van der Waals surface area contributed by atoms with E-state index in [0.29, 0.717) is 18.1 Å². The number of benzene rings is 1. The second-order valence-electron chi connectivity index (χ2n) is 8.38. The van der Waals surface area contributed by atoms with Crippen LogP contribution in [0.25, 0.3) is 0 Å². The number of hydrogen-bond acceptors (Lipinski definition) is 1. The summed E-state index contributed by atoms with van der Waals surface area (Å²) >= 11 is 0. The minimum Gasteiger partial charge on any atom is -0.364 e. The number of hydrogen-bond donors (Lipinski definition) is 1. The number of rotatable bonds is 4. The predicted molar refractivity (Wildman–Crippen MR) is 93.6 cm³/mol. The molecule has 3 atom stereocenters. The molecule has 0 aromatic heterocycles. The molecule has 1 aromatic rings. The Hall–Kier alpha value is -0.860. The highest BCUT2D eigenvalue weighted by Crippen LogP contribution is 2.22. The van der Waals surface area contributed by atoms with Crippen LogP contribution in [0.1, 0.15) is 52.7 Å². The maximum Gasteiger partial charge on any atom is 0.104 e. The molecule has 0 bridgehead atoms. The highest BCUT2D eigenvalue weighted by atomic mass is 16.5. The molecular formula is C20H34NO+. The Kier molecular flexibility index (Phi) is 5.68. The Bertz CT molecular complexity index is 450. The smallest absolute Gasteiger partial charge is 0.104 e. The van der Waals surface area contributed by atoms with Gasteiger partial charge in [-0.25, -0.2) is 0 Å². The monoisotopic (exact) mass is 304 g/mol. The quantitative estimate of drug-likeness (QED) is 0.903. The minimum atomic E-state index is 0.244. The molecule has 1 fully saturated rings. The molecule has 0 radical (unpaired) electrons. The van der Waals surface area contributed by atoms with E-state index in [4.69, 9.17) is 4.74 Å². The van der Waals surface area contributed by atoms with Crippen molar-refractivity contribution in [3.8, 4) is 0 Å². The normalized spacial score (nSPS) is 27.6. The largest absolute Gasteiger partial charge is 0.364 e.